The second-order valence-corrected chi connectivity index (χ2v) is 7.10. The summed E-state index contributed by atoms with van der Waals surface area (Å²) in [6, 6.07) is 18.9. The Hall–Kier alpha value is -3.67. The first-order valence-electron chi connectivity index (χ1n) is 9.44. The molecular formula is C23H18N2O4. The summed E-state index contributed by atoms with van der Waals surface area (Å²) in [5, 5.41) is 4.97. The predicted molar refractivity (Wildman–Crippen MR) is 107 cm³/mol. The molecule has 4 aromatic rings. The fourth-order valence-corrected chi connectivity index (χ4v) is 3.46. The van der Waals surface area contributed by atoms with E-state index in [9.17, 15) is 4.79 Å². The van der Waals surface area contributed by atoms with Crippen LogP contribution in [-0.2, 0) is 17.8 Å². The van der Waals surface area contributed by atoms with Crippen LogP contribution in [0.5, 0.6) is 5.75 Å². The molecule has 0 amide bonds. The molecule has 3 heterocycles. The molecule has 1 atom stereocenters. The number of carbonyl (C=O) groups is 1. The van der Waals surface area contributed by atoms with Crippen LogP contribution in [-0.4, -0.2) is 22.2 Å². The van der Waals surface area contributed by atoms with E-state index in [1.54, 1.807) is 12.1 Å². The van der Waals surface area contributed by atoms with Gasteiger partial charge in [0.15, 0.2) is 5.76 Å². The van der Waals surface area contributed by atoms with Gasteiger partial charge >= 0.3 is 5.97 Å². The van der Waals surface area contributed by atoms with Gasteiger partial charge in [0, 0.05) is 23.4 Å². The van der Waals surface area contributed by atoms with Crippen LogP contribution < -0.4 is 4.74 Å². The molecule has 2 aromatic heterocycles. The third-order valence-corrected chi connectivity index (χ3v) is 4.90. The summed E-state index contributed by atoms with van der Waals surface area (Å²) in [5.74, 6) is 0.979. The van der Waals surface area contributed by atoms with E-state index in [4.69, 9.17) is 14.0 Å². The van der Waals surface area contributed by atoms with Crippen LogP contribution in [0, 0.1) is 0 Å². The summed E-state index contributed by atoms with van der Waals surface area (Å²) in [7, 11) is 0. The average molecular weight is 386 g/mol. The SMILES string of the molecule is C[C@@H]1Cc2ccc(-c3cc(COC(=O)c4ccc5ccccc5n4)no3)cc2O1. The van der Waals surface area contributed by atoms with Gasteiger partial charge in [-0.05, 0) is 30.7 Å². The van der Waals surface area contributed by atoms with Crippen molar-refractivity contribution in [1.29, 1.82) is 0 Å². The number of rotatable bonds is 4. The zero-order valence-electron chi connectivity index (χ0n) is 15.8. The predicted octanol–water partition coefficient (Wildman–Crippen LogP) is 4.57. The Morgan fingerprint density at radius 1 is 1.14 bits per heavy atom. The van der Waals surface area contributed by atoms with Gasteiger partial charge in [-0.3, -0.25) is 0 Å². The van der Waals surface area contributed by atoms with E-state index >= 15 is 0 Å². The van der Waals surface area contributed by atoms with Crippen molar-refractivity contribution in [2.24, 2.45) is 0 Å². The standard InChI is InChI=1S/C23H18N2O4/c1-14-10-16-6-7-17(11-21(16)28-14)22-12-18(25-29-22)13-27-23(26)20-9-8-15-4-2-3-5-19(15)24-20/h2-9,11-12,14H,10,13H2,1H3/t14-/m1/s1. The molecule has 5 rings (SSSR count). The summed E-state index contributed by atoms with van der Waals surface area (Å²) < 4.78 is 16.6. The number of carbonyl (C=O) groups excluding carboxylic acids is 1. The molecule has 0 radical (unpaired) electrons. The largest absolute Gasteiger partial charge is 0.490 e. The molecule has 0 bridgehead atoms. The fraction of sp³-hybridized carbons (Fsp3) is 0.174. The minimum Gasteiger partial charge on any atom is -0.490 e. The molecule has 0 N–H and O–H groups in total. The Morgan fingerprint density at radius 2 is 2.03 bits per heavy atom. The number of hydrogen-bond acceptors (Lipinski definition) is 6. The first-order valence-corrected chi connectivity index (χ1v) is 9.44. The molecule has 29 heavy (non-hydrogen) atoms. The normalized spacial score (nSPS) is 15.1. The summed E-state index contributed by atoms with van der Waals surface area (Å²) in [6.45, 7) is 2.06. The van der Waals surface area contributed by atoms with Gasteiger partial charge in [-0.1, -0.05) is 41.6 Å². The number of nitrogens with zero attached hydrogens (tertiary/aromatic N) is 2. The zero-order valence-corrected chi connectivity index (χ0v) is 15.8. The Balaban J connectivity index is 1.28. The maximum atomic E-state index is 12.3. The molecular weight excluding hydrogens is 368 g/mol. The lowest BCUT2D eigenvalue weighted by Gasteiger charge is -2.03. The van der Waals surface area contributed by atoms with E-state index in [0.717, 1.165) is 28.6 Å². The van der Waals surface area contributed by atoms with E-state index in [-0.39, 0.29) is 18.4 Å². The van der Waals surface area contributed by atoms with E-state index in [0.29, 0.717) is 11.5 Å². The molecule has 1 aliphatic heterocycles. The van der Waals surface area contributed by atoms with Gasteiger partial charge in [-0.2, -0.15) is 0 Å². The molecule has 0 aliphatic carbocycles. The highest BCUT2D eigenvalue weighted by Crippen LogP contribution is 2.33. The molecule has 1 aliphatic rings. The van der Waals surface area contributed by atoms with Crippen LogP contribution in [0.25, 0.3) is 22.2 Å². The second kappa shape index (κ2) is 7.05. The van der Waals surface area contributed by atoms with Crippen molar-refractivity contribution in [1.82, 2.24) is 10.1 Å². The van der Waals surface area contributed by atoms with Crippen molar-refractivity contribution < 1.29 is 18.8 Å². The van der Waals surface area contributed by atoms with Crippen LogP contribution >= 0.6 is 0 Å². The first-order chi connectivity index (χ1) is 14.2. The number of aromatic nitrogens is 2. The third-order valence-electron chi connectivity index (χ3n) is 4.90. The van der Waals surface area contributed by atoms with E-state index in [1.807, 2.05) is 55.5 Å². The number of fused-ring (bicyclic) bond motifs is 2. The molecule has 0 saturated heterocycles. The highest BCUT2D eigenvalue weighted by atomic mass is 16.5. The van der Waals surface area contributed by atoms with Gasteiger partial charge in [0.25, 0.3) is 0 Å². The lowest BCUT2D eigenvalue weighted by Crippen LogP contribution is -2.07. The number of pyridine rings is 1. The summed E-state index contributed by atoms with van der Waals surface area (Å²) in [4.78, 5) is 16.7. The Morgan fingerprint density at radius 3 is 2.97 bits per heavy atom. The Bertz CT molecular complexity index is 1210. The smallest absolute Gasteiger partial charge is 0.357 e. The fourth-order valence-electron chi connectivity index (χ4n) is 3.46. The average Bonchev–Trinajstić information content (AvgIpc) is 3.36. The topological polar surface area (TPSA) is 74.5 Å². The molecule has 0 unspecified atom stereocenters. The molecule has 144 valence electrons. The quantitative estimate of drug-likeness (QED) is 0.478. The van der Waals surface area contributed by atoms with Crippen LogP contribution in [0.4, 0.5) is 0 Å². The number of benzene rings is 2. The highest BCUT2D eigenvalue weighted by Gasteiger charge is 2.20. The lowest BCUT2D eigenvalue weighted by atomic mass is 10.1. The molecule has 2 aromatic carbocycles. The number of esters is 1. The maximum Gasteiger partial charge on any atom is 0.357 e. The Kier molecular flexibility index (Phi) is 4.24. The van der Waals surface area contributed by atoms with Gasteiger partial charge in [-0.25, -0.2) is 9.78 Å². The van der Waals surface area contributed by atoms with Crippen LogP contribution in [0.1, 0.15) is 28.7 Å². The van der Waals surface area contributed by atoms with Crippen LogP contribution in [0.15, 0.2) is 65.2 Å². The third kappa shape index (κ3) is 3.45. The summed E-state index contributed by atoms with van der Waals surface area (Å²) in [5.41, 5.74) is 3.61. The van der Waals surface area contributed by atoms with Crippen molar-refractivity contribution in [3.63, 3.8) is 0 Å². The van der Waals surface area contributed by atoms with Crippen molar-refractivity contribution in [2.45, 2.75) is 26.1 Å². The molecule has 0 fully saturated rings. The van der Waals surface area contributed by atoms with Crippen molar-refractivity contribution in [2.75, 3.05) is 0 Å². The van der Waals surface area contributed by atoms with Crippen molar-refractivity contribution in [3.05, 3.63) is 77.6 Å². The van der Waals surface area contributed by atoms with Gasteiger partial charge < -0.3 is 14.0 Å². The number of para-hydroxylation sites is 1. The molecule has 6 nitrogen and oxygen atoms in total. The number of hydrogen-bond donors (Lipinski definition) is 0. The van der Waals surface area contributed by atoms with Crippen molar-refractivity contribution >= 4 is 16.9 Å². The van der Waals surface area contributed by atoms with Gasteiger partial charge in [0.1, 0.15) is 29.8 Å². The summed E-state index contributed by atoms with van der Waals surface area (Å²) in [6.07, 6.45) is 1.10. The minimum absolute atomic E-state index is 0.00924. The molecule has 0 saturated carbocycles. The van der Waals surface area contributed by atoms with Gasteiger partial charge in [-0.15, -0.1) is 0 Å². The maximum absolute atomic E-state index is 12.3. The second-order valence-electron chi connectivity index (χ2n) is 7.10. The number of ether oxygens (including phenoxy) is 2. The lowest BCUT2D eigenvalue weighted by molar-refractivity contribution is 0.0458. The van der Waals surface area contributed by atoms with E-state index in [2.05, 4.69) is 10.1 Å². The van der Waals surface area contributed by atoms with Crippen LogP contribution in [0.3, 0.4) is 0 Å². The molecule has 6 heteroatoms. The van der Waals surface area contributed by atoms with E-state index < -0.39 is 5.97 Å². The minimum atomic E-state index is -0.500. The molecule has 0 spiro atoms. The van der Waals surface area contributed by atoms with E-state index in [1.165, 1.54) is 5.56 Å². The first kappa shape index (κ1) is 17.4. The van der Waals surface area contributed by atoms with Crippen LogP contribution in [0.2, 0.25) is 0 Å². The van der Waals surface area contributed by atoms with Gasteiger partial charge in [0.05, 0.1) is 5.52 Å². The van der Waals surface area contributed by atoms with Crippen molar-refractivity contribution in [3.8, 4) is 17.1 Å². The monoisotopic (exact) mass is 386 g/mol. The van der Waals surface area contributed by atoms with Gasteiger partial charge in [0.2, 0.25) is 0 Å². The zero-order chi connectivity index (χ0) is 19.8. The highest BCUT2D eigenvalue weighted by molar-refractivity contribution is 5.91. The Labute approximate surface area is 167 Å². The summed E-state index contributed by atoms with van der Waals surface area (Å²) >= 11 is 0.